The Labute approximate surface area is 319 Å². The SMILES string of the molecule is CCCCCCCCCCCCCCCCCCCC/C=C/C(O)C(CO)NC(=O)C(O)CCCCCCCCCCCCCCCCCCC. The summed E-state index contributed by atoms with van der Waals surface area (Å²) in [5, 5.41) is 33.2. The number of amides is 1. The van der Waals surface area contributed by atoms with E-state index in [1.54, 1.807) is 6.08 Å². The number of allylic oxidation sites excluding steroid dienone is 1. The van der Waals surface area contributed by atoms with Crippen molar-refractivity contribution in [2.24, 2.45) is 0 Å². The Morgan fingerprint density at radius 2 is 0.765 bits per heavy atom. The van der Waals surface area contributed by atoms with E-state index in [9.17, 15) is 20.1 Å². The number of aliphatic hydroxyl groups excluding tert-OH is 3. The lowest BCUT2D eigenvalue weighted by Crippen LogP contribution is -2.48. The van der Waals surface area contributed by atoms with Crippen LogP contribution >= 0.6 is 0 Å². The highest BCUT2D eigenvalue weighted by molar-refractivity contribution is 5.80. The average Bonchev–Trinajstić information content (AvgIpc) is 3.13. The molecule has 51 heavy (non-hydrogen) atoms. The summed E-state index contributed by atoms with van der Waals surface area (Å²) in [5.41, 5.74) is 0. The number of unbranched alkanes of at least 4 members (excludes halogenated alkanes) is 34. The predicted molar refractivity (Wildman–Crippen MR) is 222 cm³/mol. The average molecular weight is 722 g/mol. The number of aliphatic hydroxyl groups is 3. The molecule has 0 aromatic carbocycles. The normalized spacial score (nSPS) is 13.6. The van der Waals surface area contributed by atoms with Crippen LogP contribution in [0.5, 0.6) is 0 Å². The Morgan fingerprint density at radius 1 is 0.471 bits per heavy atom. The van der Waals surface area contributed by atoms with Gasteiger partial charge in [-0.15, -0.1) is 0 Å². The molecule has 4 N–H and O–H groups in total. The third-order valence-corrected chi connectivity index (χ3v) is 10.9. The molecule has 5 nitrogen and oxygen atoms in total. The van der Waals surface area contributed by atoms with E-state index in [1.807, 2.05) is 6.08 Å². The molecule has 3 atom stereocenters. The molecule has 1 amide bonds. The van der Waals surface area contributed by atoms with E-state index in [-0.39, 0.29) is 6.61 Å². The van der Waals surface area contributed by atoms with Crippen molar-refractivity contribution in [1.82, 2.24) is 5.32 Å². The molecule has 0 saturated heterocycles. The summed E-state index contributed by atoms with van der Waals surface area (Å²) in [5.74, 6) is -0.499. The van der Waals surface area contributed by atoms with E-state index in [0.29, 0.717) is 6.42 Å². The van der Waals surface area contributed by atoms with Crippen molar-refractivity contribution in [3.8, 4) is 0 Å². The van der Waals surface area contributed by atoms with Crippen LogP contribution in [0.3, 0.4) is 0 Å². The van der Waals surface area contributed by atoms with Gasteiger partial charge in [-0.25, -0.2) is 0 Å². The highest BCUT2D eigenvalue weighted by Gasteiger charge is 2.22. The Hall–Kier alpha value is -0.910. The maximum Gasteiger partial charge on any atom is 0.249 e. The van der Waals surface area contributed by atoms with Crippen molar-refractivity contribution >= 4 is 5.91 Å². The molecule has 0 saturated carbocycles. The summed E-state index contributed by atoms with van der Waals surface area (Å²) in [6.07, 6.45) is 49.6. The van der Waals surface area contributed by atoms with Gasteiger partial charge >= 0.3 is 0 Å². The number of nitrogens with one attached hydrogen (secondary N) is 1. The molecule has 0 fully saturated rings. The molecular formula is C46H91NO4. The van der Waals surface area contributed by atoms with Gasteiger partial charge in [-0.2, -0.15) is 0 Å². The molecule has 0 aliphatic heterocycles. The summed E-state index contributed by atoms with van der Waals surface area (Å²) >= 11 is 0. The number of hydrogen-bond donors (Lipinski definition) is 4. The lowest BCUT2D eigenvalue weighted by molar-refractivity contribution is -0.131. The van der Waals surface area contributed by atoms with Crippen molar-refractivity contribution in [3.63, 3.8) is 0 Å². The zero-order valence-electron chi connectivity index (χ0n) is 34.5. The first-order chi connectivity index (χ1) is 25.1. The third-order valence-electron chi connectivity index (χ3n) is 10.9. The first-order valence-electron chi connectivity index (χ1n) is 23.0. The minimum absolute atomic E-state index is 0.359. The summed E-state index contributed by atoms with van der Waals surface area (Å²) in [4.78, 5) is 12.5. The molecule has 0 aromatic rings. The standard InChI is InChI=1S/C46H91NO4/c1-3-5-7-9-11-13-15-17-19-21-22-23-25-26-28-30-32-34-36-38-40-44(49)43(42-48)47-46(51)45(50)41-39-37-35-33-31-29-27-24-20-18-16-14-12-10-8-6-4-2/h38,40,43-45,48-50H,3-37,39,41-42H2,1-2H3,(H,47,51)/b40-38+. The number of carbonyl (C=O) groups is 1. The highest BCUT2D eigenvalue weighted by Crippen LogP contribution is 2.16. The van der Waals surface area contributed by atoms with Crippen LogP contribution in [-0.2, 0) is 4.79 Å². The van der Waals surface area contributed by atoms with Gasteiger partial charge in [-0.1, -0.05) is 244 Å². The van der Waals surface area contributed by atoms with Gasteiger partial charge in [-0.3, -0.25) is 4.79 Å². The van der Waals surface area contributed by atoms with Crippen LogP contribution in [0, 0.1) is 0 Å². The van der Waals surface area contributed by atoms with E-state index in [4.69, 9.17) is 0 Å². The van der Waals surface area contributed by atoms with Crippen molar-refractivity contribution in [2.75, 3.05) is 6.61 Å². The van der Waals surface area contributed by atoms with Gasteiger partial charge < -0.3 is 20.6 Å². The van der Waals surface area contributed by atoms with Crippen LogP contribution in [0.4, 0.5) is 0 Å². The monoisotopic (exact) mass is 722 g/mol. The molecule has 0 spiro atoms. The van der Waals surface area contributed by atoms with Crippen LogP contribution in [0.15, 0.2) is 12.2 Å². The maximum absolute atomic E-state index is 12.5. The topological polar surface area (TPSA) is 89.8 Å². The van der Waals surface area contributed by atoms with Gasteiger partial charge in [0.25, 0.3) is 0 Å². The quantitative estimate of drug-likeness (QED) is 0.0373. The second-order valence-corrected chi connectivity index (χ2v) is 16.0. The van der Waals surface area contributed by atoms with Crippen molar-refractivity contribution in [1.29, 1.82) is 0 Å². The Bertz CT molecular complexity index is 713. The minimum atomic E-state index is -1.09. The smallest absolute Gasteiger partial charge is 0.249 e. The lowest BCUT2D eigenvalue weighted by Gasteiger charge is -2.21. The van der Waals surface area contributed by atoms with Gasteiger partial charge in [0.2, 0.25) is 5.91 Å². The van der Waals surface area contributed by atoms with Crippen molar-refractivity contribution < 1.29 is 20.1 Å². The van der Waals surface area contributed by atoms with E-state index in [1.165, 1.54) is 199 Å². The molecule has 0 heterocycles. The molecule has 0 bridgehead atoms. The van der Waals surface area contributed by atoms with Crippen LogP contribution in [-0.4, -0.2) is 46.1 Å². The molecule has 0 aliphatic carbocycles. The molecule has 0 aromatic heterocycles. The van der Waals surface area contributed by atoms with E-state index in [2.05, 4.69) is 19.2 Å². The van der Waals surface area contributed by atoms with Gasteiger partial charge in [-0.05, 0) is 19.3 Å². The molecule has 3 unspecified atom stereocenters. The largest absolute Gasteiger partial charge is 0.394 e. The molecular weight excluding hydrogens is 631 g/mol. The van der Waals surface area contributed by atoms with E-state index in [0.717, 1.165) is 32.1 Å². The number of rotatable bonds is 42. The number of hydrogen-bond acceptors (Lipinski definition) is 4. The Kier molecular flexibility index (Phi) is 41.1. The highest BCUT2D eigenvalue weighted by atomic mass is 16.3. The fraction of sp³-hybridized carbons (Fsp3) is 0.935. The summed E-state index contributed by atoms with van der Waals surface area (Å²) in [6, 6.07) is -0.792. The second-order valence-electron chi connectivity index (χ2n) is 16.0. The van der Waals surface area contributed by atoms with Gasteiger partial charge in [0.1, 0.15) is 6.10 Å². The second kappa shape index (κ2) is 41.8. The molecule has 0 radical (unpaired) electrons. The fourth-order valence-corrected chi connectivity index (χ4v) is 7.25. The van der Waals surface area contributed by atoms with Crippen molar-refractivity contribution in [2.45, 2.75) is 270 Å². The van der Waals surface area contributed by atoms with Crippen LogP contribution < -0.4 is 5.32 Å². The first-order valence-corrected chi connectivity index (χ1v) is 23.0. The summed E-state index contributed by atoms with van der Waals surface area (Å²) < 4.78 is 0. The molecule has 5 heteroatoms. The van der Waals surface area contributed by atoms with E-state index < -0.39 is 24.2 Å². The third kappa shape index (κ3) is 37.2. The van der Waals surface area contributed by atoms with Gasteiger partial charge in [0.15, 0.2) is 0 Å². The predicted octanol–water partition coefficient (Wildman–Crippen LogP) is 13.2. The fourth-order valence-electron chi connectivity index (χ4n) is 7.25. The van der Waals surface area contributed by atoms with Crippen molar-refractivity contribution in [3.05, 3.63) is 12.2 Å². The molecule has 0 aliphatic rings. The van der Waals surface area contributed by atoms with Crippen LogP contribution in [0.25, 0.3) is 0 Å². The van der Waals surface area contributed by atoms with Crippen LogP contribution in [0.1, 0.15) is 251 Å². The number of carbonyl (C=O) groups excluding carboxylic acids is 1. The summed E-state index contributed by atoms with van der Waals surface area (Å²) in [6.45, 7) is 4.20. The van der Waals surface area contributed by atoms with Crippen LogP contribution in [0.2, 0.25) is 0 Å². The van der Waals surface area contributed by atoms with Gasteiger partial charge in [0, 0.05) is 0 Å². The minimum Gasteiger partial charge on any atom is -0.394 e. The van der Waals surface area contributed by atoms with Gasteiger partial charge in [0.05, 0.1) is 18.8 Å². The first kappa shape index (κ1) is 50.1. The zero-order valence-corrected chi connectivity index (χ0v) is 34.5. The summed E-state index contributed by atoms with van der Waals surface area (Å²) in [7, 11) is 0. The maximum atomic E-state index is 12.5. The molecule has 0 rings (SSSR count). The lowest BCUT2D eigenvalue weighted by atomic mass is 10.0. The zero-order chi connectivity index (χ0) is 37.3. The molecule has 304 valence electrons. The Morgan fingerprint density at radius 3 is 1.08 bits per heavy atom. The van der Waals surface area contributed by atoms with E-state index >= 15 is 0 Å². The Balaban J connectivity index is 3.63.